The molecule has 1 heteroatoms. The van der Waals surface area contributed by atoms with Crippen LogP contribution in [0.4, 0.5) is 0 Å². The molecule has 0 radical (unpaired) electrons. The molecule has 2 aromatic rings. The lowest BCUT2D eigenvalue weighted by atomic mass is 9.86. The molecule has 0 fully saturated rings. The molecule has 0 spiro atoms. The highest BCUT2D eigenvalue weighted by atomic mass is 14.9. The van der Waals surface area contributed by atoms with E-state index < -0.39 is 0 Å². The van der Waals surface area contributed by atoms with Crippen molar-refractivity contribution in [1.29, 1.82) is 0 Å². The largest absolute Gasteiger partial charge is 0.313 e. The van der Waals surface area contributed by atoms with E-state index in [1.165, 1.54) is 28.7 Å². The minimum atomic E-state index is 0.286. The van der Waals surface area contributed by atoms with Crippen LogP contribution in [0.15, 0.2) is 48.5 Å². The van der Waals surface area contributed by atoms with E-state index >= 15 is 0 Å². The summed E-state index contributed by atoms with van der Waals surface area (Å²) >= 11 is 0. The number of benzene rings is 2. The fraction of sp³-hybridized carbons (Fsp3) is 0.368. The highest BCUT2D eigenvalue weighted by molar-refractivity contribution is 5.44. The summed E-state index contributed by atoms with van der Waals surface area (Å²) in [6.45, 7) is 4.69. The van der Waals surface area contributed by atoms with Crippen LogP contribution in [0.1, 0.15) is 48.6 Å². The fourth-order valence-corrected chi connectivity index (χ4v) is 3.45. The molecule has 1 unspecified atom stereocenters. The first kappa shape index (κ1) is 13.4. The normalized spacial score (nSPS) is 19.9. The summed E-state index contributed by atoms with van der Waals surface area (Å²) < 4.78 is 0. The summed E-state index contributed by atoms with van der Waals surface area (Å²) in [6.07, 6.45) is 2.21. The SMILES string of the molecule is CNC1CC(C)(C)c2ccc(Cc3ccccc3)cc21. The molecule has 0 aromatic heterocycles. The summed E-state index contributed by atoms with van der Waals surface area (Å²) in [5.41, 5.74) is 6.08. The van der Waals surface area contributed by atoms with Gasteiger partial charge in [-0.05, 0) is 47.6 Å². The van der Waals surface area contributed by atoms with E-state index in [2.05, 4.69) is 74.7 Å². The van der Waals surface area contributed by atoms with Crippen molar-refractivity contribution in [2.24, 2.45) is 0 Å². The van der Waals surface area contributed by atoms with Crippen LogP contribution in [-0.4, -0.2) is 7.05 Å². The Morgan fingerprint density at radius 3 is 2.50 bits per heavy atom. The Labute approximate surface area is 122 Å². The van der Waals surface area contributed by atoms with Gasteiger partial charge in [0.15, 0.2) is 0 Å². The number of rotatable bonds is 3. The Hall–Kier alpha value is -1.60. The van der Waals surface area contributed by atoms with Gasteiger partial charge in [0.2, 0.25) is 0 Å². The van der Waals surface area contributed by atoms with Gasteiger partial charge >= 0.3 is 0 Å². The molecule has 0 amide bonds. The molecule has 1 atom stereocenters. The standard InChI is InChI=1S/C19H23N/c1-19(2)13-18(20-3)16-12-15(9-10-17(16)19)11-14-7-5-4-6-8-14/h4-10,12,18,20H,11,13H2,1-3H3. The van der Waals surface area contributed by atoms with Crippen molar-refractivity contribution in [2.45, 2.75) is 38.1 Å². The van der Waals surface area contributed by atoms with Crippen LogP contribution in [0.5, 0.6) is 0 Å². The maximum Gasteiger partial charge on any atom is 0.0328 e. The van der Waals surface area contributed by atoms with Gasteiger partial charge < -0.3 is 5.32 Å². The minimum Gasteiger partial charge on any atom is -0.313 e. The van der Waals surface area contributed by atoms with Crippen molar-refractivity contribution in [3.63, 3.8) is 0 Å². The van der Waals surface area contributed by atoms with Crippen LogP contribution in [-0.2, 0) is 11.8 Å². The van der Waals surface area contributed by atoms with Crippen molar-refractivity contribution in [3.8, 4) is 0 Å². The first-order valence-electron chi connectivity index (χ1n) is 7.44. The van der Waals surface area contributed by atoms with Gasteiger partial charge in [0.25, 0.3) is 0 Å². The molecule has 1 aliphatic carbocycles. The third-order valence-corrected chi connectivity index (χ3v) is 4.53. The van der Waals surface area contributed by atoms with E-state index in [9.17, 15) is 0 Å². The lowest BCUT2D eigenvalue weighted by Crippen LogP contribution is -2.17. The zero-order valence-electron chi connectivity index (χ0n) is 12.6. The van der Waals surface area contributed by atoms with Crippen molar-refractivity contribution < 1.29 is 0 Å². The van der Waals surface area contributed by atoms with Crippen LogP contribution in [0.25, 0.3) is 0 Å². The molecule has 1 N–H and O–H groups in total. The first-order valence-corrected chi connectivity index (χ1v) is 7.44. The fourth-order valence-electron chi connectivity index (χ4n) is 3.45. The van der Waals surface area contributed by atoms with Crippen LogP contribution in [0, 0.1) is 0 Å². The lowest BCUT2D eigenvalue weighted by Gasteiger charge is -2.19. The van der Waals surface area contributed by atoms with Crippen molar-refractivity contribution >= 4 is 0 Å². The molecule has 0 heterocycles. The number of hydrogen-bond donors (Lipinski definition) is 1. The molecular weight excluding hydrogens is 242 g/mol. The monoisotopic (exact) mass is 265 g/mol. The zero-order valence-corrected chi connectivity index (χ0v) is 12.6. The van der Waals surface area contributed by atoms with Gasteiger partial charge in [-0.25, -0.2) is 0 Å². The average Bonchev–Trinajstić information content (AvgIpc) is 2.71. The zero-order chi connectivity index (χ0) is 14.2. The first-order chi connectivity index (χ1) is 9.60. The quantitative estimate of drug-likeness (QED) is 0.876. The topological polar surface area (TPSA) is 12.0 Å². The summed E-state index contributed by atoms with van der Waals surface area (Å²) in [5.74, 6) is 0. The predicted molar refractivity (Wildman–Crippen MR) is 85.1 cm³/mol. The molecule has 0 saturated carbocycles. The number of fused-ring (bicyclic) bond motifs is 1. The van der Waals surface area contributed by atoms with Gasteiger partial charge in [-0.2, -0.15) is 0 Å². The van der Waals surface area contributed by atoms with Crippen LogP contribution in [0.2, 0.25) is 0 Å². The summed E-state index contributed by atoms with van der Waals surface area (Å²) in [6, 6.07) is 18.2. The van der Waals surface area contributed by atoms with Gasteiger partial charge in [-0.1, -0.05) is 62.4 Å². The minimum absolute atomic E-state index is 0.286. The van der Waals surface area contributed by atoms with E-state index in [1.807, 2.05) is 0 Å². The van der Waals surface area contributed by atoms with Gasteiger partial charge in [-0.3, -0.25) is 0 Å². The van der Waals surface area contributed by atoms with Crippen molar-refractivity contribution in [1.82, 2.24) is 5.32 Å². The van der Waals surface area contributed by atoms with Gasteiger partial charge in [0.1, 0.15) is 0 Å². The van der Waals surface area contributed by atoms with E-state index in [4.69, 9.17) is 0 Å². The van der Waals surface area contributed by atoms with E-state index in [0.717, 1.165) is 6.42 Å². The summed E-state index contributed by atoms with van der Waals surface area (Å²) in [7, 11) is 2.07. The molecule has 2 aromatic carbocycles. The second-order valence-electron chi connectivity index (χ2n) is 6.51. The second kappa shape index (κ2) is 5.06. The predicted octanol–water partition coefficient (Wildman–Crippen LogP) is 4.22. The molecule has 0 bridgehead atoms. The maximum atomic E-state index is 3.47. The smallest absolute Gasteiger partial charge is 0.0328 e. The van der Waals surface area contributed by atoms with Crippen molar-refractivity contribution in [2.75, 3.05) is 7.05 Å². The molecule has 3 rings (SSSR count). The van der Waals surface area contributed by atoms with Crippen LogP contribution < -0.4 is 5.32 Å². The molecule has 0 aliphatic heterocycles. The Morgan fingerprint density at radius 2 is 1.80 bits per heavy atom. The van der Waals surface area contributed by atoms with Gasteiger partial charge in [0, 0.05) is 6.04 Å². The number of nitrogens with one attached hydrogen (secondary N) is 1. The Bertz CT molecular complexity index is 598. The summed E-state index contributed by atoms with van der Waals surface area (Å²) in [5, 5.41) is 3.47. The molecule has 1 nitrogen and oxygen atoms in total. The Kier molecular flexibility index (Phi) is 3.39. The lowest BCUT2D eigenvalue weighted by molar-refractivity contribution is 0.447. The van der Waals surface area contributed by atoms with E-state index in [1.54, 1.807) is 0 Å². The molecule has 104 valence electrons. The van der Waals surface area contributed by atoms with Gasteiger partial charge in [-0.15, -0.1) is 0 Å². The van der Waals surface area contributed by atoms with E-state index in [0.29, 0.717) is 6.04 Å². The van der Waals surface area contributed by atoms with Gasteiger partial charge in [0.05, 0.1) is 0 Å². The molecule has 20 heavy (non-hydrogen) atoms. The molecule has 0 saturated heterocycles. The Balaban J connectivity index is 1.93. The highest BCUT2D eigenvalue weighted by Crippen LogP contribution is 2.44. The van der Waals surface area contributed by atoms with Crippen LogP contribution in [0.3, 0.4) is 0 Å². The second-order valence-corrected chi connectivity index (χ2v) is 6.51. The maximum absolute atomic E-state index is 3.47. The molecule has 1 aliphatic rings. The number of hydrogen-bond acceptors (Lipinski definition) is 1. The third-order valence-electron chi connectivity index (χ3n) is 4.53. The highest BCUT2D eigenvalue weighted by Gasteiger charge is 2.35. The third kappa shape index (κ3) is 2.38. The Morgan fingerprint density at radius 1 is 1.05 bits per heavy atom. The molecular formula is C19H23N. The van der Waals surface area contributed by atoms with E-state index in [-0.39, 0.29) is 5.41 Å². The van der Waals surface area contributed by atoms with Crippen LogP contribution >= 0.6 is 0 Å². The average molecular weight is 265 g/mol. The summed E-state index contributed by atoms with van der Waals surface area (Å²) in [4.78, 5) is 0. The van der Waals surface area contributed by atoms with Crippen molar-refractivity contribution in [3.05, 3.63) is 70.8 Å².